The molecular formula is C19H27N4Na. The average Bonchev–Trinajstić information content (AvgIpc) is 2.83. The van der Waals surface area contributed by atoms with E-state index in [0.717, 1.165) is 29.6 Å². The van der Waals surface area contributed by atoms with Crippen LogP contribution in [0.4, 0.5) is 17.2 Å². The van der Waals surface area contributed by atoms with Crippen molar-refractivity contribution in [2.45, 2.75) is 46.2 Å². The number of para-hydroxylation sites is 1. The van der Waals surface area contributed by atoms with E-state index in [9.17, 15) is 0 Å². The first-order chi connectivity index (χ1) is 10.9. The SMILES string of the molecule is [CH2-]C(C)(C)CN1c2c(c(N)nc3ccccc23)NC1CCCC.[Na+]. The number of rotatable bonds is 5. The molecule has 1 unspecified atom stereocenters. The summed E-state index contributed by atoms with van der Waals surface area (Å²) in [6.07, 6.45) is 3.73. The molecule has 3 rings (SSSR count). The van der Waals surface area contributed by atoms with Crippen molar-refractivity contribution in [3.63, 3.8) is 0 Å². The van der Waals surface area contributed by atoms with E-state index in [1.807, 2.05) is 12.1 Å². The van der Waals surface area contributed by atoms with Crippen LogP contribution in [-0.4, -0.2) is 17.7 Å². The number of hydrogen-bond donors (Lipinski definition) is 2. The first-order valence-electron chi connectivity index (χ1n) is 8.47. The minimum atomic E-state index is -0.0348. The van der Waals surface area contributed by atoms with Gasteiger partial charge < -0.3 is 22.9 Å². The summed E-state index contributed by atoms with van der Waals surface area (Å²) in [6, 6.07) is 8.23. The minimum absolute atomic E-state index is 0. The molecule has 2 heterocycles. The summed E-state index contributed by atoms with van der Waals surface area (Å²) in [5.74, 6) is 0.588. The summed E-state index contributed by atoms with van der Waals surface area (Å²) in [5, 5.41) is 4.77. The van der Waals surface area contributed by atoms with E-state index >= 15 is 0 Å². The molecule has 1 aliphatic rings. The number of unbranched alkanes of at least 4 members (excludes halogenated alkanes) is 1. The number of nitrogen functional groups attached to an aromatic ring is 1. The van der Waals surface area contributed by atoms with Gasteiger partial charge in [0.1, 0.15) is 11.5 Å². The monoisotopic (exact) mass is 334 g/mol. The van der Waals surface area contributed by atoms with Crippen LogP contribution in [0.15, 0.2) is 24.3 Å². The molecule has 1 aromatic heterocycles. The van der Waals surface area contributed by atoms with Crippen LogP contribution in [0, 0.1) is 12.3 Å². The third-order valence-corrected chi connectivity index (χ3v) is 4.30. The number of hydrogen-bond acceptors (Lipinski definition) is 4. The fourth-order valence-corrected chi connectivity index (χ4v) is 3.33. The summed E-state index contributed by atoms with van der Waals surface area (Å²) in [6.45, 7) is 11.8. The van der Waals surface area contributed by atoms with E-state index in [2.05, 4.69) is 55.0 Å². The second kappa shape index (κ2) is 7.51. The maximum absolute atomic E-state index is 6.24. The van der Waals surface area contributed by atoms with Crippen molar-refractivity contribution < 1.29 is 29.6 Å². The van der Waals surface area contributed by atoms with Gasteiger partial charge >= 0.3 is 29.6 Å². The molecule has 124 valence electrons. The Kier molecular flexibility index (Phi) is 6.05. The van der Waals surface area contributed by atoms with E-state index in [0.29, 0.717) is 5.82 Å². The van der Waals surface area contributed by atoms with Crippen molar-refractivity contribution in [2.75, 3.05) is 22.5 Å². The number of nitrogens with two attached hydrogens (primary N) is 1. The zero-order valence-electron chi connectivity index (χ0n) is 15.4. The molecule has 0 radical (unpaired) electrons. The smallest absolute Gasteiger partial charge is 0.382 e. The number of anilines is 3. The van der Waals surface area contributed by atoms with Crippen LogP contribution >= 0.6 is 0 Å². The summed E-state index contributed by atoms with van der Waals surface area (Å²) < 4.78 is 0. The van der Waals surface area contributed by atoms with Crippen LogP contribution in [-0.2, 0) is 0 Å². The van der Waals surface area contributed by atoms with Crippen LogP contribution < -0.4 is 45.5 Å². The van der Waals surface area contributed by atoms with E-state index in [1.165, 1.54) is 18.5 Å². The second-order valence-electron chi connectivity index (χ2n) is 7.33. The van der Waals surface area contributed by atoms with Crippen molar-refractivity contribution in [1.82, 2.24) is 4.98 Å². The van der Waals surface area contributed by atoms with Gasteiger partial charge in [0.15, 0.2) is 0 Å². The summed E-state index contributed by atoms with van der Waals surface area (Å²) in [4.78, 5) is 7.01. The number of pyridine rings is 1. The van der Waals surface area contributed by atoms with Gasteiger partial charge in [-0.05, 0) is 25.5 Å². The first-order valence-corrected chi connectivity index (χ1v) is 8.47. The number of fused-ring (bicyclic) bond motifs is 3. The average molecular weight is 334 g/mol. The molecule has 0 amide bonds. The van der Waals surface area contributed by atoms with Crippen molar-refractivity contribution in [2.24, 2.45) is 5.41 Å². The van der Waals surface area contributed by atoms with Gasteiger partial charge in [-0.1, -0.05) is 45.4 Å². The largest absolute Gasteiger partial charge is 1.00 e. The van der Waals surface area contributed by atoms with E-state index in [4.69, 9.17) is 5.73 Å². The number of benzene rings is 1. The van der Waals surface area contributed by atoms with Crippen LogP contribution in [0.1, 0.15) is 40.0 Å². The van der Waals surface area contributed by atoms with Crippen LogP contribution in [0.5, 0.6) is 0 Å². The van der Waals surface area contributed by atoms with Gasteiger partial charge in [0.2, 0.25) is 0 Å². The van der Waals surface area contributed by atoms with Gasteiger partial charge in [-0.25, -0.2) is 4.98 Å². The molecule has 3 N–H and O–H groups in total. The normalized spacial score (nSPS) is 16.7. The molecule has 0 spiro atoms. The van der Waals surface area contributed by atoms with Gasteiger partial charge in [0.25, 0.3) is 0 Å². The van der Waals surface area contributed by atoms with Gasteiger partial charge in [-0.2, -0.15) is 0 Å². The zero-order chi connectivity index (χ0) is 16.6. The molecule has 5 heteroatoms. The van der Waals surface area contributed by atoms with Gasteiger partial charge in [-0.3, -0.25) is 0 Å². The molecule has 24 heavy (non-hydrogen) atoms. The molecule has 0 fully saturated rings. The Hall–Kier alpha value is -0.970. The Morgan fingerprint density at radius 3 is 2.71 bits per heavy atom. The standard InChI is InChI=1S/C19H27N4.Na/c1-5-6-11-15-22-16-17(23(15)12-19(2,3)4)13-9-7-8-10-14(13)21-18(16)20;/h7-10,15,22H,2,5-6,11-12H2,1,3-4H3,(H2,20,21);/q-1;+1. The topological polar surface area (TPSA) is 54.2 Å². The minimum Gasteiger partial charge on any atom is -0.382 e. The predicted octanol–water partition coefficient (Wildman–Crippen LogP) is 1.43. The van der Waals surface area contributed by atoms with Gasteiger partial charge in [0, 0.05) is 5.39 Å². The molecule has 0 aliphatic carbocycles. The Bertz CT molecular complexity index is 708. The van der Waals surface area contributed by atoms with Crippen LogP contribution in [0.3, 0.4) is 0 Å². The third kappa shape index (κ3) is 3.81. The fourth-order valence-electron chi connectivity index (χ4n) is 3.33. The number of nitrogens with zero attached hydrogens (tertiary/aromatic N) is 2. The maximum Gasteiger partial charge on any atom is 1.00 e. The zero-order valence-corrected chi connectivity index (χ0v) is 17.4. The van der Waals surface area contributed by atoms with E-state index in [-0.39, 0.29) is 41.1 Å². The molecule has 4 nitrogen and oxygen atoms in total. The van der Waals surface area contributed by atoms with Crippen molar-refractivity contribution in [3.05, 3.63) is 31.2 Å². The van der Waals surface area contributed by atoms with Crippen molar-refractivity contribution in [1.29, 1.82) is 0 Å². The van der Waals surface area contributed by atoms with Crippen molar-refractivity contribution in [3.8, 4) is 0 Å². The Morgan fingerprint density at radius 2 is 2.04 bits per heavy atom. The molecular weight excluding hydrogens is 307 g/mol. The summed E-state index contributed by atoms with van der Waals surface area (Å²) >= 11 is 0. The van der Waals surface area contributed by atoms with Crippen LogP contribution in [0.2, 0.25) is 0 Å². The van der Waals surface area contributed by atoms with Gasteiger partial charge in [0.05, 0.1) is 17.4 Å². The Balaban J connectivity index is 0.00000208. The number of nitrogens with one attached hydrogen (secondary N) is 1. The fraction of sp³-hybridized carbons (Fsp3) is 0.474. The molecule has 0 saturated heterocycles. The number of aromatic nitrogens is 1. The van der Waals surface area contributed by atoms with Crippen molar-refractivity contribution >= 4 is 28.1 Å². The molecule has 0 bridgehead atoms. The molecule has 2 aromatic rings. The molecule has 1 aromatic carbocycles. The second-order valence-corrected chi connectivity index (χ2v) is 7.33. The van der Waals surface area contributed by atoms with E-state index < -0.39 is 0 Å². The van der Waals surface area contributed by atoms with Crippen LogP contribution in [0.25, 0.3) is 10.9 Å². The summed E-state index contributed by atoms with van der Waals surface area (Å²) in [5.41, 5.74) is 9.32. The molecule has 0 saturated carbocycles. The van der Waals surface area contributed by atoms with Gasteiger partial charge in [-0.15, -0.1) is 5.41 Å². The molecule has 1 atom stereocenters. The predicted molar refractivity (Wildman–Crippen MR) is 99.6 cm³/mol. The van der Waals surface area contributed by atoms with E-state index in [1.54, 1.807) is 0 Å². The first kappa shape index (κ1) is 19.4. The quantitative estimate of drug-likeness (QED) is 0.642. The summed E-state index contributed by atoms with van der Waals surface area (Å²) in [7, 11) is 0. The Morgan fingerprint density at radius 1 is 1.33 bits per heavy atom. The maximum atomic E-state index is 6.24. The molecule has 1 aliphatic heterocycles. The Labute approximate surface area is 167 Å². The third-order valence-electron chi connectivity index (χ3n) is 4.30.